The van der Waals surface area contributed by atoms with Crippen molar-refractivity contribution in [2.45, 2.75) is 29.4 Å². The maximum atomic E-state index is 12.5. The van der Waals surface area contributed by atoms with Gasteiger partial charge in [0.15, 0.2) is 0 Å². The molecule has 0 radical (unpaired) electrons. The van der Waals surface area contributed by atoms with E-state index in [1.165, 1.54) is 146 Å². The average molecular weight is 1130 g/mol. The second-order valence-electron chi connectivity index (χ2n) is 14.0. The molecule has 0 atom stereocenters. The van der Waals surface area contributed by atoms with Crippen molar-refractivity contribution in [2.24, 2.45) is 0 Å². The van der Waals surface area contributed by atoms with Crippen LogP contribution in [-0.4, -0.2) is 50.5 Å². The first-order valence-electron chi connectivity index (χ1n) is 18.1. The van der Waals surface area contributed by atoms with E-state index in [0.717, 1.165) is 0 Å². The molecule has 0 aliphatic rings. The Morgan fingerprint density at radius 3 is 0.348 bits per heavy atom. The average Bonchev–Trinajstić information content (AvgIpc) is 3.24. The van der Waals surface area contributed by atoms with Crippen LogP contribution in [-0.2, 0) is 54.3 Å². The van der Waals surface area contributed by atoms with E-state index >= 15 is 0 Å². The maximum absolute atomic E-state index is 12.5. The Morgan fingerprint density at radius 1 is 0.182 bits per heavy atom. The molecule has 0 bridgehead atoms. The summed E-state index contributed by atoms with van der Waals surface area (Å²) in [5.41, 5.74) is 3.07. The Morgan fingerprint density at radius 2 is 0.273 bits per heavy atom. The highest BCUT2D eigenvalue weighted by Crippen LogP contribution is 2.56. The zero-order valence-corrected chi connectivity index (χ0v) is 41.9. The van der Waals surface area contributed by atoms with Gasteiger partial charge in [0, 0.05) is 64.1 Å². The van der Waals surface area contributed by atoms with Gasteiger partial charge in [0.05, 0.1) is 29.4 Å². The molecule has 0 aromatic heterocycles. The van der Waals surface area contributed by atoms with Crippen molar-refractivity contribution in [1.82, 2.24) is 0 Å². The SMILES string of the molecule is O=S(=O)(Cl)c1ccc(-c2c(-c3ccc(S(=O)(=O)Cl)cc3)c(-c3ccc(S(=O)(=O)Cl)cc3)c(-c3ccc(S(=O)(=O)Cl)cc3)c(-c3ccc(S(=O)(=O)Cl)cc3)c2-c2ccc(S(=O)(=O)Cl)cc2)cc1. The zero-order valence-electron chi connectivity index (χ0n) is 32.5. The molecular weight excluding hydrogens is 1100 g/mol. The van der Waals surface area contributed by atoms with Crippen LogP contribution in [0.1, 0.15) is 0 Å². The molecule has 0 aliphatic carbocycles. The number of halogens is 6. The van der Waals surface area contributed by atoms with Crippen molar-refractivity contribution in [3.63, 3.8) is 0 Å². The molecule has 0 saturated heterocycles. The van der Waals surface area contributed by atoms with Gasteiger partial charge in [-0.15, -0.1) is 0 Å². The fourth-order valence-corrected chi connectivity index (χ4v) is 11.8. The molecular formula is C42H24Cl6O12S6. The van der Waals surface area contributed by atoms with Gasteiger partial charge in [-0.1, -0.05) is 72.8 Å². The summed E-state index contributed by atoms with van der Waals surface area (Å²) < 4.78 is 150. The number of rotatable bonds is 12. The Bertz CT molecular complexity index is 3110. The van der Waals surface area contributed by atoms with Crippen molar-refractivity contribution in [1.29, 1.82) is 0 Å². The molecule has 0 saturated carbocycles. The van der Waals surface area contributed by atoms with Gasteiger partial charge in [-0.25, -0.2) is 50.5 Å². The van der Waals surface area contributed by atoms with Gasteiger partial charge < -0.3 is 0 Å². The first-order chi connectivity index (χ1) is 30.5. The first-order valence-corrected chi connectivity index (χ1v) is 31.9. The van der Waals surface area contributed by atoms with E-state index in [0.29, 0.717) is 0 Å². The van der Waals surface area contributed by atoms with E-state index in [1.807, 2.05) is 0 Å². The van der Waals surface area contributed by atoms with Crippen molar-refractivity contribution >= 4 is 118 Å². The first kappa shape index (κ1) is 49.9. The third kappa shape index (κ3) is 10.6. The summed E-state index contributed by atoms with van der Waals surface area (Å²) in [7, 11) is 8.70. The molecule has 7 aromatic carbocycles. The van der Waals surface area contributed by atoms with Gasteiger partial charge in [0.25, 0.3) is 54.3 Å². The van der Waals surface area contributed by atoms with Gasteiger partial charge in [0.2, 0.25) is 0 Å². The van der Waals surface area contributed by atoms with Crippen LogP contribution in [0.25, 0.3) is 66.8 Å². The Hall–Kier alpha value is -4.02. The van der Waals surface area contributed by atoms with Crippen LogP contribution in [0.4, 0.5) is 0 Å². The van der Waals surface area contributed by atoms with Crippen LogP contribution in [0.15, 0.2) is 175 Å². The minimum absolute atomic E-state index is 0.244. The van der Waals surface area contributed by atoms with Gasteiger partial charge in [-0.3, -0.25) is 0 Å². The summed E-state index contributed by atoms with van der Waals surface area (Å²) in [5.74, 6) is 0. The van der Waals surface area contributed by atoms with E-state index in [1.54, 1.807) is 0 Å². The fourth-order valence-electron chi connectivity index (χ4n) is 7.19. The molecule has 66 heavy (non-hydrogen) atoms. The highest BCUT2D eigenvalue weighted by molar-refractivity contribution is 8.15. The normalized spacial score (nSPS) is 12.8. The van der Waals surface area contributed by atoms with E-state index in [2.05, 4.69) is 0 Å². The lowest BCUT2D eigenvalue weighted by Crippen LogP contribution is -2.03. The predicted molar refractivity (Wildman–Crippen MR) is 257 cm³/mol. The van der Waals surface area contributed by atoms with Crippen LogP contribution in [0.3, 0.4) is 0 Å². The molecule has 24 heteroatoms. The second kappa shape index (κ2) is 18.1. The number of hydrogen-bond acceptors (Lipinski definition) is 12. The molecule has 0 amide bonds. The van der Waals surface area contributed by atoms with E-state index in [-0.39, 0.29) is 96.1 Å². The van der Waals surface area contributed by atoms with Crippen molar-refractivity contribution < 1.29 is 50.5 Å². The molecule has 12 nitrogen and oxygen atoms in total. The zero-order chi connectivity index (χ0) is 48.4. The van der Waals surface area contributed by atoms with Gasteiger partial charge in [-0.2, -0.15) is 0 Å². The lowest BCUT2D eigenvalue weighted by molar-refractivity contribution is 0.608. The minimum Gasteiger partial charge on any atom is -0.207 e. The van der Waals surface area contributed by atoms with E-state index in [4.69, 9.17) is 64.1 Å². The van der Waals surface area contributed by atoms with Crippen molar-refractivity contribution in [3.8, 4) is 66.8 Å². The largest absolute Gasteiger partial charge is 0.261 e. The Balaban J connectivity index is 1.84. The monoisotopic (exact) mass is 1120 g/mol. The quantitative estimate of drug-likeness (QED) is 0.105. The van der Waals surface area contributed by atoms with Gasteiger partial charge in [0.1, 0.15) is 0 Å². The van der Waals surface area contributed by atoms with Crippen LogP contribution in [0.2, 0.25) is 0 Å². The van der Waals surface area contributed by atoms with Gasteiger partial charge >= 0.3 is 0 Å². The highest BCUT2D eigenvalue weighted by Gasteiger charge is 2.31. The summed E-state index contributed by atoms with van der Waals surface area (Å²) >= 11 is 0. The maximum Gasteiger partial charge on any atom is 0.261 e. The summed E-state index contributed by atoms with van der Waals surface area (Å²) in [6.07, 6.45) is 0. The fraction of sp³-hybridized carbons (Fsp3) is 0. The van der Waals surface area contributed by atoms with Crippen molar-refractivity contribution in [2.75, 3.05) is 0 Å². The van der Waals surface area contributed by atoms with E-state index in [9.17, 15) is 50.5 Å². The molecule has 7 rings (SSSR count). The molecule has 0 unspecified atom stereocenters. The molecule has 0 N–H and O–H groups in total. The topological polar surface area (TPSA) is 205 Å². The predicted octanol–water partition coefficient (Wildman–Crippen LogP) is 11.3. The Kier molecular flexibility index (Phi) is 13.7. The highest BCUT2D eigenvalue weighted by atomic mass is 35.7. The van der Waals surface area contributed by atoms with Crippen LogP contribution < -0.4 is 0 Å². The molecule has 0 aliphatic heterocycles. The summed E-state index contributed by atoms with van der Waals surface area (Å²) in [6, 6.07) is 31.7. The lowest BCUT2D eigenvalue weighted by atomic mass is 9.74. The second-order valence-corrected chi connectivity index (χ2v) is 29.4. The standard InChI is InChI=1S/C42H24Cl6O12S6/c43-61(49,50)31-13-1-25(2-14-31)37-38(26-3-15-32(16-4-26)62(44,51)52)40(28-7-19-34(20-8-28)64(46,55)56)42(30-11-23-36(24-12-30)66(48,59)60)41(29-9-21-35(22-10-29)65(47,57)58)39(37)27-5-17-33(18-6-27)63(45,53)54/h1-24H. The smallest absolute Gasteiger partial charge is 0.207 e. The minimum atomic E-state index is -4.29. The number of benzene rings is 7. The van der Waals surface area contributed by atoms with Crippen LogP contribution >= 0.6 is 64.1 Å². The van der Waals surface area contributed by atoms with Crippen LogP contribution in [0, 0.1) is 0 Å². The molecule has 0 fully saturated rings. The summed E-state index contributed by atoms with van der Waals surface area (Å²) in [4.78, 5) is -1.80. The van der Waals surface area contributed by atoms with Crippen molar-refractivity contribution in [3.05, 3.63) is 146 Å². The van der Waals surface area contributed by atoms with Crippen LogP contribution in [0.5, 0.6) is 0 Å². The third-order valence-electron chi connectivity index (χ3n) is 10.0. The Labute approximate surface area is 406 Å². The third-order valence-corrected chi connectivity index (χ3v) is 18.3. The molecule has 0 spiro atoms. The summed E-state index contributed by atoms with van der Waals surface area (Å²) in [5, 5.41) is 0. The van der Waals surface area contributed by atoms with E-state index < -0.39 is 54.3 Å². The number of hydrogen-bond donors (Lipinski definition) is 0. The lowest BCUT2D eigenvalue weighted by Gasteiger charge is -2.29. The molecule has 342 valence electrons. The van der Waals surface area contributed by atoms with Gasteiger partial charge in [-0.05, 0) is 140 Å². The molecule has 0 heterocycles. The summed E-state index contributed by atoms with van der Waals surface area (Å²) in [6.45, 7) is 0. The molecule has 7 aromatic rings.